The van der Waals surface area contributed by atoms with Gasteiger partial charge in [0.2, 0.25) is 0 Å². The molecular formula is C19H29N3O. The van der Waals surface area contributed by atoms with E-state index in [4.69, 9.17) is 0 Å². The van der Waals surface area contributed by atoms with Crippen molar-refractivity contribution < 1.29 is 4.79 Å². The van der Waals surface area contributed by atoms with E-state index in [0.717, 1.165) is 52.1 Å². The molecule has 0 atom stereocenters. The van der Waals surface area contributed by atoms with Crippen LogP contribution in [0.2, 0.25) is 0 Å². The van der Waals surface area contributed by atoms with Gasteiger partial charge in [0.05, 0.1) is 0 Å². The van der Waals surface area contributed by atoms with Gasteiger partial charge in [0.1, 0.15) is 0 Å². The lowest BCUT2D eigenvalue weighted by molar-refractivity contribution is 0.123. The third kappa shape index (κ3) is 5.71. The zero-order chi connectivity index (χ0) is 16.5. The maximum absolute atomic E-state index is 12.3. The molecule has 0 spiro atoms. The van der Waals surface area contributed by atoms with Crippen LogP contribution < -0.4 is 0 Å². The molecule has 0 N–H and O–H groups in total. The van der Waals surface area contributed by atoms with Gasteiger partial charge in [0.15, 0.2) is 0 Å². The summed E-state index contributed by atoms with van der Waals surface area (Å²) in [4.78, 5) is 18.6. The summed E-state index contributed by atoms with van der Waals surface area (Å²) >= 11 is 0. The van der Waals surface area contributed by atoms with Crippen molar-refractivity contribution in [2.75, 3.05) is 46.3 Å². The van der Waals surface area contributed by atoms with Crippen molar-refractivity contribution in [2.24, 2.45) is 0 Å². The van der Waals surface area contributed by atoms with E-state index in [1.807, 2.05) is 22.9 Å². The Kier molecular flexibility index (Phi) is 7.14. The van der Waals surface area contributed by atoms with Crippen LogP contribution in [0.4, 0.5) is 4.79 Å². The molecule has 0 bridgehead atoms. The maximum Gasteiger partial charge on any atom is 0.319 e. The summed E-state index contributed by atoms with van der Waals surface area (Å²) in [6, 6.07) is 10.5. The Hall–Kier alpha value is -1.81. The molecule has 0 aliphatic carbocycles. The van der Waals surface area contributed by atoms with Gasteiger partial charge in [-0.3, -0.25) is 4.90 Å². The number of nitrogens with zero attached hydrogens (tertiary/aromatic N) is 3. The van der Waals surface area contributed by atoms with E-state index in [1.54, 1.807) is 0 Å². The predicted molar refractivity (Wildman–Crippen MR) is 96.4 cm³/mol. The lowest BCUT2D eigenvalue weighted by Gasteiger charge is -2.36. The van der Waals surface area contributed by atoms with Gasteiger partial charge in [-0.15, -0.1) is 0 Å². The minimum Gasteiger partial charge on any atom is -0.328 e. The van der Waals surface area contributed by atoms with Crippen molar-refractivity contribution in [1.82, 2.24) is 14.7 Å². The summed E-state index contributed by atoms with van der Waals surface area (Å²) in [6.45, 7) is 7.51. The third-order valence-electron chi connectivity index (χ3n) is 4.29. The topological polar surface area (TPSA) is 26.8 Å². The summed E-state index contributed by atoms with van der Waals surface area (Å²) in [7, 11) is 1.91. The fraction of sp³-hybridized carbons (Fsp3) is 0.526. The van der Waals surface area contributed by atoms with Crippen LogP contribution in [0.5, 0.6) is 0 Å². The Bertz CT molecular complexity index is 493. The Balaban J connectivity index is 1.71. The van der Waals surface area contributed by atoms with Crippen LogP contribution in [-0.4, -0.2) is 67.0 Å². The van der Waals surface area contributed by atoms with Crippen LogP contribution in [0.25, 0.3) is 6.08 Å². The number of hydrogen-bond acceptors (Lipinski definition) is 2. The molecule has 4 heteroatoms. The van der Waals surface area contributed by atoms with Crippen LogP contribution in [0.1, 0.15) is 25.3 Å². The molecule has 1 fully saturated rings. The van der Waals surface area contributed by atoms with Crippen molar-refractivity contribution in [2.45, 2.75) is 19.8 Å². The maximum atomic E-state index is 12.3. The molecule has 1 aromatic rings. The second-order valence-corrected chi connectivity index (χ2v) is 6.16. The lowest BCUT2D eigenvalue weighted by atomic mass is 10.2. The Morgan fingerprint density at radius 3 is 2.52 bits per heavy atom. The molecule has 2 amide bonds. The Morgan fingerprint density at radius 2 is 1.87 bits per heavy atom. The van der Waals surface area contributed by atoms with Crippen molar-refractivity contribution in [3.63, 3.8) is 0 Å². The number of rotatable bonds is 6. The molecule has 1 heterocycles. The first kappa shape index (κ1) is 17.5. The SMILES string of the molecule is CCCCN(C)C(=O)N1CCN(C/C=C/c2ccccc2)CC1. The minimum atomic E-state index is 0.179. The number of carbonyl (C=O) groups excluding carboxylic acids is 1. The third-order valence-corrected chi connectivity index (χ3v) is 4.29. The summed E-state index contributed by atoms with van der Waals surface area (Å²) in [5.41, 5.74) is 1.24. The van der Waals surface area contributed by atoms with Crippen molar-refractivity contribution in [1.29, 1.82) is 0 Å². The van der Waals surface area contributed by atoms with E-state index in [9.17, 15) is 4.79 Å². The molecule has 1 aromatic carbocycles. The average Bonchev–Trinajstić information content (AvgIpc) is 2.60. The first-order chi connectivity index (χ1) is 11.2. The highest BCUT2D eigenvalue weighted by Crippen LogP contribution is 2.07. The summed E-state index contributed by atoms with van der Waals surface area (Å²) in [5, 5.41) is 0. The van der Waals surface area contributed by atoms with E-state index in [1.165, 1.54) is 5.56 Å². The number of benzene rings is 1. The second-order valence-electron chi connectivity index (χ2n) is 6.16. The van der Waals surface area contributed by atoms with E-state index >= 15 is 0 Å². The zero-order valence-electron chi connectivity index (χ0n) is 14.4. The molecule has 126 valence electrons. The van der Waals surface area contributed by atoms with Gasteiger partial charge in [-0.05, 0) is 12.0 Å². The van der Waals surface area contributed by atoms with Gasteiger partial charge in [-0.2, -0.15) is 0 Å². The molecule has 0 saturated carbocycles. The molecular weight excluding hydrogens is 286 g/mol. The monoisotopic (exact) mass is 315 g/mol. The van der Waals surface area contributed by atoms with E-state index < -0.39 is 0 Å². The molecule has 1 saturated heterocycles. The Morgan fingerprint density at radius 1 is 1.17 bits per heavy atom. The van der Waals surface area contributed by atoms with Crippen LogP contribution >= 0.6 is 0 Å². The second kappa shape index (κ2) is 9.36. The van der Waals surface area contributed by atoms with Crippen molar-refractivity contribution in [3.05, 3.63) is 42.0 Å². The van der Waals surface area contributed by atoms with Crippen molar-refractivity contribution >= 4 is 12.1 Å². The van der Waals surface area contributed by atoms with Crippen molar-refractivity contribution in [3.8, 4) is 0 Å². The smallest absolute Gasteiger partial charge is 0.319 e. The number of urea groups is 1. The molecule has 2 rings (SSSR count). The van der Waals surface area contributed by atoms with Gasteiger partial charge < -0.3 is 9.80 Å². The first-order valence-electron chi connectivity index (χ1n) is 8.64. The number of carbonyl (C=O) groups is 1. The van der Waals surface area contributed by atoms with Gasteiger partial charge in [-0.25, -0.2) is 4.79 Å². The number of hydrogen-bond donors (Lipinski definition) is 0. The number of unbranched alkanes of at least 4 members (excludes halogenated alkanes) is 1. The van der Waals surface area contributed by atoms with Crippen LogP contribution in [-0.2, 0) is 0 Å². The summed E-state index contributed by atoms with van der Waals surface area (Å²) in [6.07, 6.45) is 6.57. The molecule has 0 radical (unpaired) electrons. The van der Waals surface area contributed by atoms with Gasteiger partial charge in [0, 0.05) is 46.3 Å². The molecule has 1 aliphatic heterocycles. The van der Waals surface area contributed by atoms with E-state index in [2.05, 4.69) is 48.2 Å². The highest BCUT2D eigenvalue weighted by atomic mass is 16.2. The molecule has 4 nitrogen and oxygen atoms in total. The molecule has 0 unspecified atom stereocenters. The van der Waals surface area contributed by atoms with E-state index in [-0.39, 0.29) is 6.03 Å². The number of amides is 2. The first-order valence-corrected chi connectivity index (χ1v) is 8.64. The summed E-state index contributed by atoms with van der Waals surface area (Å²) in [5.74, 6) is 0. The van der Waals surface area contributed by atoms with Crippen LogP contribution in [0.3, 0.4) is 0 Å². The summed E-state index contributed by atoms with van der Waals surface area (Å²) < 4.78 is 0. The standard InChI is InChI=1S/C19H29N3O/c1-3-4-12-20(2)19(23)22-16-14-21(15-17-22)13-8-11-18-9-6-5-7-10-18/h5-11H,3-4,12-17H2,1-2H3/b11-8+. The number of piperazine rings is 1. The van der Waals surface area contributed by atoms with Crippen LogP contribution in [0, 0.1) is 0 Å². The quantitative estimate of drug-likeness (QED) is 0.806. The highest BCUT2D eigenvalue weighted by molar-refractivity contribution is 5.74. The van der Waals surface area contributed by atoms with Gasteiger partial charge in [0.25, 0.3) is 0 Å². The van der Waals surface area contributed by atoms with Gasteiger partial charge in [-0.1, -0.05) is 55.8 Å². The molecule has 1 aliphatic rings. The normalized spacial score (nSPS) is 16.0. The lowest BCUT2D eigenvalue weighted by Crippen LogP contribution is -2.52. The zero-order valence-corrected chi connectivity index (χ0v) is 14.4. The molecule has 0 aromatic heterocycles. The average molecular weight is 315 g/mol. The molecule has 23 heavy (non-hydrogen) atoms. The highest BCUT2D eigenvalue weighted by Gasteiger charge is 2.22. The van der Waals surface area contributed by atoms with Gasteiger partial charge >= 0.3 is 6.03 Å². The van der Waals surface area contributed by atoms with Crippen LogP contribution in [0.15, 0.2) is 36.4 Å². The Labute approximate surface area is 140 Å². The largest absolute Gasteiger partial charge is 0.328 e. The van der Waals surface area contributed by atoms with E-state index in [0.29, 0.717) is 0 Å². The predicted octanol–water partition coefficient (Wildman–Crippen LogP) is 3.17. The fourth-order valence-electron chi connectivity index (χ4n) is 2.76. The minimum absolute atomic E-state index is 0.179. The fourth-order valence-corrected chi connectivity index (χ4v) is 2.76.